The third kappa shape index (κ3) is 11.2. The van der Waals surface area contributed by atoms with E-state index >= 15 is 0 Å². The number of carbonyl (C=O) groups excluding carboxylic acids is 2. The minimum Gasteiger partial charge on any atom is -0.463 e. The highest BCUT2D eigenvalue weighted by molar-refractivity contribution is 5.82. The molecule has 0 aromatic heterocycles. The summed E-state index contributed by atoms with van der Waals surface area (Å²) in [5.74, 6) is -0.799. The van der Waals surface area contributed by atoms with E-state index in [0.717, 1.165) is 12.8 Å². The van der Waals surface area contributed by atoms with Gasteiger partial charge in [0.15, 0.2) is 5.60 Å². The van der Waals surface area contributed by atoms with Gasteiger partial charge in [0.05, 0.1) is 13.2 Å². The van der Waals surface area contributed by atoms with Gasteiger partial charge in [-0.15, -0.1) is 0 Å². The minimum absolute atomic E-state index is 0.263. The van der Waals surface area contributed by atoms with Gasteiger partial charge in [0.2, 0.25) is 0 Å². The van der Waals surface area contributed by atoms with E-state index < -0.39 is 11.6 Å². The van der Waals surface area contributed by atoms with Crippen LogP contribution >= 0.6 is 0 Å². The Morgan fingerprint density at radius 1 is 1.04 bits per heavy atom. The first kappa shape index (κ1) is 23.7. The van der Waals surface area contributed by atoms with E-state index in [-0.39, 0.29) is 19.0 Å². The topological polar surface area (TPSA) is 72.8 Å². The van der Waals surface area contributed by atoms with Crippen molar-refractivity contribution in [2.24, 2.45) is 0 Å². The molecular formula is C22H38O5. The molecule has 1 aliphatic rings. The SMILES string of the molecule is CCCCCCCCCCCCCCOC(=O)/C=C/[C@@]1(CO)CCC(=O)O1. The first-order valence-corrected chi connectivity index (χ1v) is 10.8. The van der Waals surface area contributed by atoms with E-state index in [1.165, 1.54) is 76.4 Å². The van der Waals surface area contributed by atoms with E-state index in [1.54, 1.807) is 0 Å². The monoisotopic (exact) mass is 382 g/mol. The van der Waals surface area contributed by atoms with Gasteiger partial charge in [-0.25, -0.2) is 4.79 Å². The highest BCUT2D eigenvalue weighted by Crippen LogP contribution is 2.27. The highest BCUT2D eigenvalue weighted by Gasteiger charge is 2.37. The Morgan fingerprint density at radius 3 is 2.07 bits per heavy atom. The van der Waals surface area contributed by atoms with Crippen LogP contribution in [0.25, 0.3) is 0 Å². The lowest BCUT2D eigenvalue weighted by atomic mass is 10.0. The van der Waals surface area contributed by atoms with E-state index in [1.807, 2.05) is 0 Å². The summed E-state index contributed by atoms with van der Waals surface area (Å²) < 4.78 is 10.2. The molecule has 1 aliphatic heterocycles. The second-order valence-corrected chi connectivity index (χ2v) is 7.59. The molecule has 0 bridgehead atoms. The van der Waals surface area contributed by atoms with Gasteiger partial charge in [-0.2, -0.15) is 0 Å². The lowest BCUT2D eigenvalue weighted by Gasteiger charge is -2.20. The van der Waals surface area contributed by atoms with Gasteiger partial charge in [0.25, 0.3) is 0 Å². The van der Waals surface area contributed by atoms with Crippen LogP contribution in [-0.2, 0) is 19.1 Å². The van der Waals surface area contributed by atoms with Gasteiger partial charge in [0, 0.05) is 18.9 Å². The quantitative estimate of drug-likeness (QED) is 0.235. The number of unbranched alkanes of at least 4 members (excludes halogenated alkanes) is 11. The molecule has 0 unspecified atom stereocenters. The van der Waals surface area contributed by atoms with Crippen LogP contribution in [0.2, 0.25) is 0 Å². The molecule has 0 amide bonds. The van der Waals surface area contributed by atoms with Crippen molar-refractivity contribution >= 4 is 11.9 Å². The van der Waals surface area contributed by atoms with Crippen molar-refractivity contribution < 1.29 is 24.2 Å². The number of ether oxygens (including phenoxy) is 2. The number of aliphatic hydroxyl groups is 1. The normalized spacial score (nSPS) is 19.6. The van der Waals surface area contributed by atoms with Crippen LogP contribution in [0.5, 0.6) is 0 Å². The molecule has 1 heterocycles. The van der Waals surface area contributed by atoms with Crippen LogP contribution in [0.4, 0.5) is 0 Å². The van der Waals surface area contributed by atoms with Crippen molar-refractivity contribution in [3.63, 3.8) is 0 Å². The fraction of sp³-hybridized carbons (Fsp3) is 0.818. The Kier molecular flexibility index (Phi) is 12.9. The summed E-state index contributed by atoms with van der Waals surface area (Å²) in [6.07, 6.45) is 18.6. The predicted octanol–water partition coefficient (Wildman–Crippen LogP) is 4.86. The third-order valence-corrected chi connectivity index (χ3v) is 5.10. The molecule has 1 rings (SSSR count). The zero-order valence-electron chi connectivity index (χ0n) is 17.0. The Morgan fingerprint density at radius 2 is 1.59 bits per heavy atom. The number of aliphatic hydroxyl groups excluding tert-OH is 1. The lowest BCUT2D eigenvalue weighted by Crippen LogP contribution is -2.30. The Balaban J connectivity index is 1.94. The van der Waals surface area contributed by atoms with Gasteiger partial charge in [-0.1, -0.05) is 77.6 Å². The van der Waals surface area contributed by atoms with E-state index in [4.69, 9.17) is 9.47 Å². The molecule has 156 valence electrons. The summed E-state index contributed by atoms with van der Waals surface area (Å²) in [7, 11) is 0. The van der Waals surface area contributed by atoms with Crippen molar-refractivity contribution in [1.82, 2.24) is 0 Å². The summed E-state index contributed by atoms with van der Waals surface area (Å²) in [4.78, 5) is 22.9. The molecule has 1 saturated heterocycles. The van der Waals surface area contributed by atoms with E-state index in [0.29, 0.717) is 13.0 Å². The predicted molar refractivity (Wildman–Crippen MR) is 106 cm³/mol. The van der Waals surface area contributed by atoms with Gasteiger partial charge < -0.3 is 14.6 Å². The van der Waals surface area contributed by atoms with Crippen LogP contribution in [0, 0.1) is 0 Å². The Labute approximate surface area is 164 Å². The summed E-state index contributed by atoms with van der Waals surface area (Å²) in [6, 6.07) is 0. The molecule has 0 saturated carbocycles. The molecule has 0 aromatic carbocycles. The van der Waals surface area contributed by atoms with Crippen molar-refractivity contribution in [2.45, 2.75) is 102 Å². The zero-order valence-corrected chi connectivity index (χ0v) is 17.0. The van der Waals surface area contributed by atoms with Gasteiger partial charge in [-0.05, 0) is 12.5 Å². The van der Waals surface area contributed by atoms with Gasteiger partial charge in [-0.3, -0.25) is 4.79 Å². The van der Waals surface area contributed by atoms with Crippen molar-refractivity contribution in [3.05, 3.63) is 12.2 Å². The lowest BCUT2D eigenvalue weighted by molar-refractivity contribution is -0.148. The Bertz CT molecular complexity index is 446. The molecule has 1 N–H and O–H groups in total. The first-order chi connectivity index (χ1) is 13.1. The highest BCUT2D eigenvalue weighted by atomic mass is 16.6. The first-order valence-electron chi connectivity index (χ1n) is 10.8. The summed E-state index contributed by atoms with van der Waals surface area (Å²) in [5, 5.41) is 9.37. The molecule has 0 spiro atoms. The maximum atomic E-state index is 11.7. The Hall–Kier alpha value is -1.36. The maximum absolute atomic E-state index is 11.7. The van der Waals surface area contributed by atoms with Crippen LogP contribution in [-0.4, -0.2) is 35.9 Å². The van der Waals surface area contributed by atoms with Crippen LogP contribution in [0.1, 0.15) is 96.8 Å². The van der Waals surface area contributed by atoms with Crippen LogP contribution < -0.4 is 0 Å². The van der Waals surface area contributed by atoms with Crippen LogP contribution in [0.15, 0.2) is 12.2 Å². The second kappa shape index (κ2) is 14.7. The number of carbonyl (C=O) groups is 2. The number of rotatable bonds is 16. The van der Waals surface area contributed by atoms with Crippen molar-refractivity contribution in [1.29, 1.82) is 0 Å². The zero-order chi connectivity index (χ0) is 19.8. The van der Waals surface area contributed by atoms with Gasteiger partial charge in [0.1, 0.15) is 0 Å². The molecule has 27 heavy (non-hydrogen) atoms. The number of cyclic esters (lactones) is 1. The number of hydrogen-bond donors (Lipinski definition) is 1. The van der Waals surface area contributed by atoms with Crippen molar-refractivity contribution in [2.75, 3.05) is 13.2 Å². The summed E-state index contributed by atoms with van der Waals surface area (Å²) in [6.45, 7) is 2.34. The number of hydrogen-bond acceptors (Lipinski definition) is 5. The fourth-order valence-corrected chi connectivity index (χ4v) is 3.31. The molecule has 5 nitrogen and oxygen atoms in total. The van der Waals surface area contributed by atoms with E-state index in [2.05, 4.69) is 6.92 Å². The molecule has 0 aromatic rings. The largest absolute Gasteiger partial charge is 0.463 e. The molecule has 0 aliphatic carbocycles. The standard InChI is InChI=1S/C22H38O5/c1-2-3-4-5-6-7-8-9-10-11-12-13-18-26-20(24)14-16-22(19-23)17-15-21(25)27-22/h14,16,23H,2-13,15,17-19H2,1H3/b16-14+/t22-/m0/s1. The van der Waals surface area contributed by atoms with Gasteiger partial charge >= 0.3 is 11.9 Å². The molecule has 1 fully saturated rings. The van der Waals surface area contributed by atoms with Crippen LogP contribution in [0.3, 0.4) is 0 Å². The average Bonchev–Trinajstić information content (AvgIpc) is 3.05. The third-order valence-electron chi connectivity index (χ3n) is 5.10. The maximum Gasteiger partial charge on any atom is 0.330 e. The molecule has 1 atom stereocenters. The summed E-state index contributed by atoms with van der Waals surface area (Å²) in [5.41, 5.74) is -1.05. The van der Waals surface area contributed by atoms with Crippen molar-refractivity contribution in [3.8, 4) is 0 Å². The summed E-state index contributed by atoms with van der Waals surface area (Å²) >= 11 is 0. The molecular weight excluding hydrogens is 344 g/mol. The average molecular weight is 383 g/mol. The minimum atomic E-state index is -1.05. The fourth-order valence-electron chi connectivity index (χ4n) is 3.31. The number of esters is 2. The van der Waals surface area contributed by atoms with E-state index in [9.17, 15) is 14.7 Å². The smallest absolute Gasteiger partial charge is 0.330 e. The molecule has 0 radical (unpaired) electrons. The second-order valence-electron chi connectivity index (χ2n) is 7.59. The molecule has 5 heteroatoms.